The standard InChI is InChI=1S/C12H20F3NOS/c13-12(14,15)18-8-5-11(3-6-17-7-4-11)9-16-10-1-2-10/h10,16H,1-9H2. The van der Waals surface area contributed by atoms with Crippen molar-refractivity contribution >= 4 is 11.8 Å². The van der Waals surface area contributed by atoms with Crippen molar-refractivity contribution in [2.24, 2.45) is 5.41 Å². The molecule has 0 atom stereocenters. The molecule has 1 saturated heterocycles. The van der Waals surface area contributed by atoms with E-state index in [1.54, 1.807) is 0 Å². The average Bonchev–Trinajstić information content (AvgIpc) is 3.10. The number of nitrogens with one attached hydrogen (secondary N) is 1. The minimum atomic E-state index is -4.10. The second kappa shape index (κ2) is 6.01. The molecule has 0 amide bonds. The van der Waals surface area contributed by atoms with Crippen LogP contribution in [0, 0.1) is 5.41 Å². The third kappa shape index (κ3) is 4.97. The second-order valence-corrected chi connectivity index (χ2v) is 6.47. The lowest BCUT2D eigenvalue weighted by atomic mass is 9.77. The Morgan fingerprint density at radius 3 is 2.44 bits per heavy atom. The van der Waals surface area contributed by atoms with E-state index in [2.05, 4.69) is 5.32 Å². The normalized spacial score (nSPS) is 24.2. The molecule has 106 valence electrons. The summed E-state index contributed by atoms with van der Waals surface area (Å²) in [6, 6.07) is 0.611. The Kier molecular flexibility index (Phi) is 4.83. The van der Waals surface area contributed by atoms with Crippen LogP contribution in [0.25, 0.3) is 0 Å². The highest BCUT2D eigenvalue weighted by Gasteiger charge is 2.36. The van der Waals surface area contributed by atoms with E-state index in [0.717, 1.165) is 19.4 Å². The lowest BCUT2D eigenvalue weighted by Crippen LogP contribution is -2.40. The van der Waals surface area contributed by atoms with Gasteiger partial charge in [0.25, 0.3) is 0 Å². The van der Waals surface area contributed by atoms with E-state index in [9.17, 15) is 13.2 Å². The molecule has 2 fully saturated rings. The predicted molar refractivity (Wildman–Crippen MR) is 66.6 cm³/mol. The number of alkyl halides is 3. The fraction of sp³-hybridized carbons (Fsp3) is 1.00. The highest BCUT2D eigenvalue weighted by Crippen LogP contribution is 2.39. The molecule has 1 aliphatic heterocycles. The summed E-state index contributed by atoms with van der Waals surface area (Å²) in [5.41, 5.74) is -4.09. The summed E-state index contributed by atoms with van der Waals surface area (Å²) in [6.07, 6.45) is 4.81. The van der Waals surface area contributed by atoms with Gasteiger partial charge in [-0.15, -0.1) is 0 Å². The highest BCUT2D eigenvalue weighted by atomic mass is 32.2. The molecule has 1 saturated carbocycles. The zero-order valence-electron chi connectivity index (χ0n) is 10.4. The molecule has 0 aromatic rings. The molecule has 0 spiro atoms. The maximum atomic E-state index is 12.2. The molecule has 6 heteroatoms. The van der Waals surface area contributed by atoms with Crippen molar-refractivity contribution in [2.45, 2.75) is 43.7 Å². The van der Waals surface area contributed by atoms with E-state index >= 15 is 0 Å². The summed E-state index contributed by atoms with van der Waals surface area (Å²) >= 11 is 0.107. The van der Waals surface area contributed by atoms with Gasteiger partial charge >= 0.3 is 5.51 Å². The van der Waals surface area contributed by atoms with E-state index in [4.69, 9.17) is 4.74 Å². The number of thioether (sulfide) groups is 1. The first-order chi connectivity index (χ1) is 8.49. The smallest absolute Gasteiger partial charge is 0.381 e. The van der Waals surface area contributed by atoms with Crippen LogP contribution in [0.15, 0.2) is 0 Å². The highest BCUT2D eigenvalue weighted by molar-refractivity contribution is 8.00. The molecule has 0 bridgehead atoms. The number of halogens is 3. The van der Waals surface area contributed by atoms with Gasteiger partial charge in [-0.1, -0.05) is 11.8 Å². The van der Waals surface area contributed by atoms with Gasteiger partial charge < -0.3 is 10.1 Å². The van der Waals surface area contributed by atoms with Crippen molar-refractivity contribution in [2.75, 3.05) is 25.5 Å². The lowest BCUT2D eigenvalue weighted by Gasteiger charge is -2.37. The molecule has 0 aromatic heterocycles. The van der Waals surface area contributed by atoms with E-state index < -0.39 is 5.51 Å². The predicted octanol–water partition coefficient (Wildman–Crippen LogP) is 3.18. The van der Waals surface area contributed by atoms with Crippen LogP contribution in [-0.4, -0.2) is 37.1 Å². The number of hydrogen-bond donors (Lipinski definition) is 1. The maximum absolute atomic E-state index is 12.2. The molecule has 0 radical (unpaired) electrons. The Morgan fingerprint density at radius 1 is 1.22 bits per heavy atom. The van der Waals surface area contributed by atoms with Gasteiger partial charge in [0.1, 0.15) is 0 Å². The van der Waals surface area contributed by atoms with Crippen LogP contribution >= 0.6 is 11.8 Å². The molecule has 1 N–H and O–H groups in total. The molecule has 0 unspecified atom stereocenters. The minimum Gasteiger partial charge on any atom is -0.381 e. The van der Waals surface area contributed by atoms with Crippen molar-refractivity contribution in [3.63, 3.8) is 0 Å². The summed E-state index contributed by atoms with van der Waals surface area (Å²) in [4.78, 5) is 0. The van der Waals surface area contributed by atoms with Crippen molar-refractivity contribution < 1.29 is 17.9 Å². The van der Waals surface area contributed by atoms with Gasteiger partial charge in [0, 0.05) is 31.6 Å². The second-order valence-electron chi connectivity index (χ2n) is 5.31. The van der Waals surface area contributed by atoms with Crippen LogP contribution in [0.4, 0.5) is 13.2 Å². The van der Waals surface area contributed by atoms with Gasteiger partial charge in [0.05, 0.1) is 0 Å². The first-order valence-corrected chi connectivity index (χ1v) is 7.50. The summed E-state index contributed by atoms with van der Waals surface area (Å²) in [5, 5.41) is 3.47. The Bertz CT molecular complexity index is 263. The van der Waals surface area contributed by atoms with Crippen LogP contribution in [0.3, 0.4) is 0 Å². The van der Waals surface area contributed by atoms with Gasteiger partial charge in [0.15, 0.2) is 0 Å². The lowest BCUT2D eigenvalue weighted by molar-refractivity contribution is -0.0332. The van der Waals surface area contributed by atoms with Crippen molar-refractivity contribution in [3.8, 4) is 0 Å². The molecule has 2 aliphatic rings. The van der Waals surface area contributed by atoms with Crippen LogP contribution in [0.1, 0.15) is 32.1 Å². The van der Waals surface area contributed by atoms with Crippen LogP contribution in [-0.2, 0) is 4.74 Å². The Hall–Kier alpha value is 0.0600. The third-order valence-electron chi connectivity index (χ3n) is 3.79. The zero-order valence-corrected chi connectivity index (χ0v) is 11.2. The van der Waals surface area contributed by atoms with Gasteiger partial charge in [0.2, 0.25) is 0 Å². The fourth-order valence-electron chi connectivity index (χ4n) is 2.35. The van der Waals surface area contributed by atoms with Gasteiger partial charge in [-0.05, 0) is 37.5 Å². The fourth-order valence-corrected chi connectivity index (χ4v) is 3.12. The monoisotopic (exact) mass is 283 g/mol. The van der Waals surface area contributed by atoms with Crippen LogP contribution in [0.5, 0.6) is 0 Å². The molecule has 1 aliphatic carbocycles. The van der Waals surface area contributed by atoms with Gasteiger partial charge in [-0.25, -0.2) is 0 Å². The van der Waals surface area contributed by atoms with Crippen LogP contribution in [0.2, 0.25) is 0 Å². The Morgan fingerprint density at radius 2 is 1.89 bits per heavy atom. The summed E-state index contributed by atoms with van der Waals surface area (Å²) < 4.78 is 41.9. The van der Waals surface area contributed by atoms with E-state index in [1.807, 2.05) is 0 Å². The van der Waals surface area contributed by atoms with Crippen molar-refractivity contribution in [1.29, 1.82) is 0 Å². The summed E-state index contributed by atoms with van der Waals surface area (Å²) in [5.74, 6) is 0.163. The number of rotatable bonds is 6. The average molecular weight is 283 g/mol. The van der Waals surface area contributed by atoms with E-state index in [-0.39, 0.29) is 22.9 Å². The quantitative estimate of drug-likeness (QED) is 0.809. The molecular formula is C12H20F3NOS. The number of ether oxygens (including phenoxy) is 1. The Balaban J connectivity index is 1.78. The third-order valence-corrected chi connectivity index (χ3v) is 4.53. The molecule has 2 rings (SSSR count). The van der Waals surface area contributed by atoms with E-state index in [0.29, 0.717) is 25.7 Å². The zero-order chi connectivity index (χ0) is 13.1. The van der Waals surface area contributed by atoms with Gasteiger partial charge in [-0.3, -0.25) is 0 Å². The van der Waals surface area contributed by atoms with Crippen molar-refractivity contribution in [1.82, 2.24) is 5.32 Å². The SMILES string of the molecule is FC(F)(F)SCCC1(CNC2CC2)CCOCC1. The largest absolute Gasteiger partial charge is 0.441 e. The van der Waals surface area contributed by atoms with Gasteiger partial charge in [-0.2, -0.15) is 13.2 Å². The first-order valence-electron chi connectivity index (χ1n) is 6.51. The Labute approximate surface area is 110 Å². The van der Waals surface area contributed by atoms with E-state index in [1.165, 1.54) is 12.8 Å². The molecule has 0 aromatic carbocycles. The van der Waals surface area contributed by atoms with Crippen molar-refractivity contribution in [3.05, 3.63) is 0 Å². The topological polar surface area (TPSA) is 21.3 Å². The summed E-state index contributed by atoms with van der Waals surface area (Å²) in [7, 11) is 0. The maximum Gasteiger partial charge on any atom is 0.441 e. The summed E-state index contributed by atoms with van der Waals surface area (Å²) in [6.45, 7) is 2.21. The molecule has 1 heterocycles. The number of hydrogen-bond acceptors (Lipinski definition) is 3. The first kappa shape index (κ1) is 14.5. The minimum absolute atomic E-state index is 0.0130. The molecule has 18 heavy (non-hydrogen) atoms. The molecular weight excluding hydrogens is 263 g/mol. The molecule has 2 nitrogen and oxygen atoms in total. The van der Waals surface area contributed by atoms with Crippen LogP contribution < -0.4 is 5.32 Å².